The van der Waals surface area contributed by atoms with Gasteiger partial charge in [-0.15, -0.1) is 0 Å². The quantitative estimate of drug-likeness (QED) is 0.568. The molecule has 5 heteroatoms. The summed E-state index contributed by atoms with van der Waals surface area (Å²) < 4.78 is 6.68. The van der Waals surface area contributed by atoms with Gasteiger partial charge in [0.05, 0.1) is 17.1 Å². The number of benzene rings is 2. The lowest BCUT2D eigenvalue weighted by Crippen LogP contribution is -2.35. The molecule has 1 saturated heterocycles. The molecule has 1 atom stereocenters. The molecule has 2 aromatic carbocycles. The lowest BCUT2D eigenvalue weighted by atomic mass is 10.0. The minimum atomic E-state index is -0.176. The molecule has 2 heterocycles. The molecule has 1 unspecified atom stereocenters. The maximum atomic E-state index is 6.68. The second-order valence-electron chi connectivity index (χ2n) is 8.15. The molecule has 0 saturated carbocycles. The molecule has 154 valence electrons. The number of piperidine rings is 1. The van der Waals surface area contributed by atoms with Crippen molar-refractivity contribution in [2.24, 2.45) is 5.73 Å². The number of H-pyrrole nitrogens is 1. The Morgan fingerprint density at radius 2 is 1.97 bits per heavy atom. The molecule has 1 aliphatic heterocycles. The second kappa shape index (κ2) is 9.53. The van der Waals surface area contributed by atoms with E-state index < -0.39 is 0 Å². The van der Waals surface area contributed by atoms with Gasteiger partial charge in [-0.25, -0.2) is 4.98 Å². The van der Waals surface area contributed by atoms with Crippen LogP contribution in [0.1, 0.15) is 48.7 Å². The number of nitrogens with zero attached hydrogens (tertiary/aromatic N) is 2. The van der Waals surface area contributed by atoms with E-state index in [2.05, 4.69) is 47.3 Å². The van der Waals surface area contributed by atoms with Gasteiger partial charge in [0.2, 0.25) is 0 Å². The molecular formula is C24H32N4O. The Kier molecular flexibility index (Phi) is 6.60. The minimum Gasteiger partial charge on any atom is -0.362 e. The van der Waals surface area contributed by atoms with Crippen LogP contribution in [-0.4, -0.2) is 47.7 Å². The molecule has 1 aliphatic rings. The largest absolute Gasteiger partial charge is 0.362 e. The van der Waals surface area contributed by atoms with Gasteiger partial charge in [-0.1, -0.05) is 36.4 Å². The fourth-order valence-corrected chi connectivity index (χ4v) is 4.10. The fourth-order valence-electron chi connectivity index (χ4n) is 4.10. The summed E-state index contributed by atoms with van der Waals surface area (Å²) in [7, 11) is 2.18. The van der Waals surface area contributed by atoms with E-state index >= 15 is 0 Å². The number of nitrogens with one attached hydrogen (secondary N) is 1. The summed E-state index contributed by atoms with van der Waals surface area (Å²) in [6.45, 7) is 2.91. The third-order valence-electron chi connectivity index (χ3n) is 5.82. The monoisotopic (exact) mass is 392 g/mol. The summed E-state index contributed by atoms with van der Waals surface area (Å²) >= 11 is 0. The Balaban J connectivity index is 1.61. The molecule has 5 nitrogen and oxygen atoms in total. The van der Waals surface area contributed by atoms with Crippen molar-refractivity contribution in [1.82, 2.24) is 14.9 Å². The molecule has 0 bridgehead atoms. The summed E-state index contributed by atoms with van der Waals surface area (Å²) in [6.07, 6.45) is 5.42. The first kappa shape index (κ1) is 20.1. The molecule has 1 aromatic heterocycles. The van der Waals surface area contributed by atoms with E-state index in [1.807, 2.05) is 18.2 Å². The van der Waals surface area contributed by atoms with E-state index in [0.717, 1.165) is 68.6 Å². The van der Waals surface area contributed by atoms with E-state index in [9.17, 15) is 0 Å². The SMILES string of the molecule is CN1CCC(OC(c2cccc(CCCCN)c2)c2nc3ccccc3[nH]2)CC1. The number of ether oxygens (including phenoxy) is 1. The number of rotatable bonds is 8. The number of nitrogens with two attached hydrogens (primary N) is 1. The number of hydrogen-bond acceptors (Lipinski definition) is 4. The first-order chi connectivity index (χ1) is 14.2. The average Bonchev–Trinajstić information content (AvgIpc) is 3.17. The standard InChI is InChI=1S/C24H32N4O/c1-28-15-12-20(13-16-28)29-23(24-26-21-10-2-3-11-22(21)27-24)19-9-6-8-18(17-19)7-4-5-14-25/h2-3,6,8-11,17,20,23H,4-5,7,12-16,25H2,1H3,(H,26,27). The summed E-state index contributed by atoms with van der Waals surface area (Å²) in [5.74, 6) is 0.893. The number of para-hydroxylation sites is 2. The first-order valence-corrected chi connectivity index (χ1v) is 10.8. The molecule has 4 rings (SSSR count). The third-order valence-corrected chi connectivity index (χ3v) is 5.82. The van der Waals surface area contributed by atoms with E-state index in [-0.39, 0.29) is 12.2 Å². The van der Waals surface area contributed by atoms with Crippen LogP contribution in [0.15, 0.2) is 48.5 Å². The highest BCUT2D eigenvalue weighted by Crippen LogP contribution is 2.30. The second-order valence-corrected chi connectivity index (χ2v) is 8.15. The van der Waals surface area contributed by atoms with Crippen molar-refractivity contribution in [3.8, 4) is 0 Å². The number of unbranched alkanes of at least 4 members (excludes halogenated alkanes) is 1. The highest BCUT2D eigenvalue weighted by atomic mass is 16.5. The molecule has 0 radical (unpaired) electrons. The summed E-state index contributed by atoms with van der Waals surface area (Å²) in [6, 6.07) is 17.0. The van der Waals surface area contributed by atoms with Crippen molar-refractivity contribution >= 4 is 11.0 Å². The van der Waals surface area contributed by atoms with Gasteiger partial charge in [-0.3, -0.25) is 0 Å². The van der Waals surface area contributed by atoms with Gasteiger partial charge in [0.15, 0.2) is 0 Å². The van der Waals surface area contributed by atoms with Crippen molar-refractivity contribution in [3.63, 3.8) is 0 Å². The molecule has 0 amide bonds. The van der Waals surface area contributed by atoms with E-state index in [1.54, 1.807) is 0 Å². The zero-order valence-electron chi connectivity index (χ0n) is 17.3. The van der Waals surface area contributed by atoms with Gasteiger partial charge in [-0.2, -0.15) is 0 Å². The maximum absolute atomic E-state index is 6.68. The van der Waals surface area contributed by atoms with Crippen LogP contribution in [-0.2, 0) is 11.2 Å². The Morgan fingerprint density at radius 1 is 1.14 bits per heavy atom. The van der Waals surface area contributed by atoms with Gasteiger partial charge in [0.1, 0.15) is 11.9 Å². The number of aromatic amines is 1. The van der Waals surface area contributed by atoms with Crippen molar-refractivity contribution in [3.05, 3.63) is 65.5 Å². The van der Waals surface area contributed by atoms with Gasteiger partial charge in [0, 0.05) is 13.1 Å². The fraction of sp³-hybridized carbons (Fsp3) is 0.458. The predicted octanol–water partition coefficient (Wildman–Crippen LogP) is 4.04. The van der Waals surface area contributed by atoms with E-state index in [4.69, 9.17) is 15.5 Å². The van der Waals surface area contributed by atoms with Crippen LogP contribution < -0.4 is 5.73 Å². The zero-order chi connectivity index (χ0) is 20.1. The summed E-state index contributed by atoms with van der Waals surface area (Å²) in [5, 5.41) is 0. The van der Waals surface area contributed by atoms with Crippen molar-refractivity contribution in [1.29, 1.82) is 0 Å². The summed E-state index contributed by atoms with van der Waals surface area (Å²) in [5.41, 5.74) is 10.2. The van der Waals surface area contributed by atoms with Crippen LogP contribution in [0.2, 0.25) is 0 Å². The molecular weight excluding hydrogens is 360 g/mol. The predicted molar refractivity (Wildman–Crippen MR) is 118 cm³/mol. The molecule has 1 fully saturated rings. The number of imidazole rings is 1. The molecule has 29 heavy (non-hydrogen) atoms. The maximum Gasteiger partial charge on any atom is 0.141 e. The lowest BCUT2D eigenvalue weighted by Gasteiger charge is -2.31. The average molecular weight is 393 g/mol. The van der Waals surface area contributed by atoms with Crippen molar-refractivity contribution in [2.75, 3.05) is 26.7 Å². The Morgan fingerprint density at radius 3 is 2.76 bits per heavy atom. The van der Waals surface area contributed by atoms with Crippen LogP contribution in [0.25, 0.3) is 11.0 Å². The van der Waals surface area contributed by atoms with Gasteiger partial charge in [-0.05, 0) is 69.0 Å². The number of aryl methyl sites for hydroxylation is 1. The summed E-state index contributed by atoms with van der Waals surface area (Å²) in [4.78, 5) is 10.7. The number of hydrogen-bond donors (Lipinski definition) is 2. The van der Waals surface area contributed by atoms with E-state index in [1.165, 1.54) is 11.1 Å². The number of likely N-dealkylation sites (tertiary alicyclic amines) is 1. The zero-order valence-corrected chi connectivity index (χ0v) is 17.3. The first-order valence-electron chi connectivity index (χ1n) is 10.8. The third kappa shape index (κ3) is 5.04. The normalized spacial score (nSPS) is 17.0. The number of aromatic nitrogens is 2. The van der Waals surface area contributed by atoms with E-state index in [0.29, 0.717) is 0 Å². The Bertz CT molecular complexity index is 881. The smallest absolute Gasteiger partial charge is 0.141 e. The highest BCUT2D eigenvalue weighted by Gasteiger charge is 2.26. The van der Waals surface area contributed by atoms with Crippen LogP contribution >= 0.6 is 0 Å². The van der Waals surface area contributed by atoms with Gasteiger partial charge >= 0.3 is 0 Å². The topological polar surface area (TPSA) is 67.2 Å². The molecule has 0 aliphatic carbocycles. The van der Waals surface area contributed by atoms with Crippen LogP contribution in [0.4, 0.5) is 0 Å². The molecule has 3 N–H and O–H groups in total. The van der Waals surface area contributed by atoms with Gasteiger partial charge < -0.3 is 20.4 Å². The minimum absolute atomic E-state index is 0.176. The number of fused-ring (bicyclic) bond motifs is 1. The highest BCUT2D eigenvalue weighted by molar-refractivity contribution is 5.74. The molecule has 3 aromatic rings. The van der Waals surface area contributed by atoms with Gasteiger partial charge in [0.25, 0.3) is 0 Å². The lowest BCUT2D eigenvalue weighted by molar-refractivity contribution is -0.0264. The van der Waals surface area contributed by atoms with Crippen LogP contribution in [0, 0.1) is 0 Å². The van der Waals surface area contributed by atoms with Crippen LogP contribution in [0.5, 0.6) is 0 Å². The Hall–Kier alpha value is -2.21. The van der Waals surface area contributed by atoms with Crippen molar-refractivity contribution < 1.29 is 4.74 Å². The van der Waals surface area contributed by atoms with Crippen LogP contribution in [0.3, 0.4) is 0 Å². The Labute approximate surface area is 173 Å². The molecule has 0 spiro atoms. The van der Waals surface area contributed by atoms with Crippen molar-refractivity contribution in [2.45, 2.75) is 44.3 Å².